The van der Waals surface area contributed by atoms with Crippen molar-refractivity contribution in [1.82, 2.24) is 4.90 Å². The number of hydrogen-bond acceptors (Lipinski definition) is 2. The van der Waals surface area contributed by atoms with Crippen molar-refractivity contribution < 1.29 is 15.0 Å². The summed E-state index contributed by atoms with van der Waals surface area (Å²) in [6, 6.07) is 0. The number of carboxylic acid groups (broad SMARTS) is 1. The molecular weight excluding hydrogens is 136 g/mol. The van der Waals surface area contributed by atoms with Gasteiger partial charge in [-0.05, 0) is 0 Å². The molecule has 0 aliphatic carbocycles. The van der Waals surface area contributed by atoms with E-state index in [9.17, 15) is 4.79 Å². The second kappa shape index (κ2) is 2.38. The van der Waals surface area contributed by atoms with E-state index in [4.69, 9.17) is 10.2 Å². The van der Waals surface area contributed by atoms with E-state index in [0.29, 0.717) is 0 Å². The average molecular weight is 142 g/mol. The van der Waals surface area contributed by atoms with Gasteiger partial charge in [-0.15, -0.1) is 0 Å². The molecule has 5 heteroatoms. The third-order valence-electron chi connectivity index (χ3n) is 1.03. The fourth-order valence-electron chi connectivity index (χ4n) is 0.529. The molecule has 0 aromatic rings. The van der Waals surface area contributed by atoms with Crippen molar-refractivity contribution in [1.29, 1.82) is 0 Å². The summed E-state index contributed by atoms with van der Waals surface area (Å²) in [5, 5.41) is 17.0. The SMILES string of the molecule is O=C(O)N1C=CC(O)=NC1. The number of aliphatic imine (C=N–C) groups is 1. The lowest BCUT2D eigenvalue weighted by Gasteiger charge is -2.13. The summed E-state index contributed by atoms with van der Waals surface area (Å²) in [6.45, 7) is -0.0301. The number of carbonyl (C=O) groups is 1. The van der Waals surface area contributed by atoms with Gasteiger partial charge in [0.15, 0.2) is 0 Å². The fraction of sp³-hybridized carbons (Fsp3) is 0.200. The predicted molar refractivity (Wildman–Crippen MR) is 33.9 cm³/mol. The van der Waals surface area contributed by atoms with Crippen LogP contribution in [0, 0.1) is 0 Å². The topological polar surface area (TPSA) is 73.1 Å². The Kier molecular flexibility index (Phi) is 1.57. The van der Waals surface area contributed by atoms with Crippen LogP contribution in [0.15, 0.2) is 17.3 Å². The van der Waals surface area contributed by atoms with Crippen LogP contribution in [0.3, 0.4) is 0 Å². The van der Waals surface area contributed by atoms with Gasteiger partial charge in [0, 0.05) is 12.3 Å². The van der Waals surface area contributed by atoms with Gasteiger partial charge in [-0.1, -0.05) is 0 Å². The van der Waals surface area contributed by atoms with Gasteiger partial charge in [0.05, 0.1) is 0 Å². The minimum absolute atomic E-state index is 0.0301. The van der Waals surface area contributed by atoms with E-state index in [1.807, 2.05) is 0 Å². The van der Waals surface area contributed by atoms with Gasteiger partial charge >= 0.3 is 6.09 Å². The molecule has 0 spiro atoms. The molecule has 0 radical (unpaired) electrons. The highest BCUT2D eigenvalue weighted by Crippen LogP contribution is 1.97. The predicted octanol–water partition coefficient (Wildman–Crippen LogP) is 0.408. The first-order chi connectivity index (χ1) is 4.70. The minimum Gasteiger partial charge on any atom is -0.493 e. The maximum Gasteiger partial charge on any atom is 0.412 e. The Labute approximate surface area is 56.9 Å². The van der Waals surface area contributed by atoms with Crippen molar-refractivity contribution in [2.75, 3.05) is 6.67 Å². The molecule has 0 atom stereocenters. The molecule has 5 nitrogen and oxygen atoms in total. The lowest BCUT2D eigenvalue weighted by atomic mass is 10.5. The number of rotatable bonds is 0. The third-order valence-corrected chi connectivity index (χ3v) is 1.03. The van der Waals surface area contributed by atoms with Crippen LogP contribution >= 0.6 is 0 Å². The summed E-state index contributed by atoms with van der Waals surface area (Å²) >= 11 is 0. The zero-order valence-electron chi connectivity index (χ0n) is 5.06. The van der Waals surface area contributed by atoms with Gasteiger partial charge in [-0.3, -0.25) is 4.90 Å². The first kappa shape index (κ1) is 6.60. The van der Waals surface area contributed by atoms with Gasteiger partial charge in [0.1, 0.15) is 6.67 Å². The quantitative estimate of drug-likeness (QED) is 0.514. The summed E-state index contributed by atoms with van der Waals surface area (Å²) in [5.41, 5.74) is 0. The summed E-state index contributed by atoms with van der Waals surface area (Å²) in [4.78, 5) is 14.6. The van der Waals surface area contributed by atoms with E-state index < -0.39 is 6.09 Å². The molecule has 1 aliphatic rings. The van der Waals surface area contributed by atoms with Crippen LogP contribution in [0.2, 0.25) is 0 Å². The van der Waals surface area contributed by atoms with Gasteiger partial charge in [-0.25, -0.2) is 9.79 Å². The normalized spacial score (nSPS) is 16.8. The van der Waals surface area contributed by atoms with Crippen LogP contribution in [0.25, 0.3) is 0 Å². The first-order valence-corrected chi connectivity index (χ1v) is 2.61. The fourth-order valence-corrected chi connectivity index (χ4v) is 0.529. The molecule has 0 saturated heterocycles. The molecular formula is C5H6N2O3. The number of aliphatic hydroxyl groups is 1. The van der Waals surface area contributed by atoms with Crippen molar-refractivity contribution in [3.8, 4) is 0 Å². The van der Waals surface area contributed by atoms with E-state index in [0.717, 1.165) is 4.90 Å². The number of hydrogen-bond donors (Lipinski definition) is 2. The molecule has 2 N–H and O–H groups in total. The van der Waals surface area contributed by atoms with E-state index in [1.165, 1.54) is 12.3 Å². The summed E-state index contributed by atoms with van der Waals surface area (Å²) in [6.07, 6.45) is 1.40. The van der Waals surface area contributed by atoms with Crippen molar-refractivity contribution in [3.63, 3.8) is 0 Å². The highest BCUT2D eigenvalue weighted by Gasteiger charge is 2.09. The first-order valence-electron chi connectivity index (χ1n) is 2.61. The number of amides is 1. The van der Waals surface area contributed by atoms with Crippen molar-refractivity contribution in [2.24, 2.45) is 4.99 Å². The molecule has 0 saturated carbocycles. The molecule has 1 amide bonds. The Hall–Kier alpha value is -1.52. The van der Waals surface area contributed by atoms with Crippen molar-refractivity contribution >= 4 is 12.0 Å². The Morgan fingerprint density at radius 3 is 2.90 bits per heavy atom. The summed E-state index contributed by atoms with van der Waals surface area (Å²) < 4.78 is 0. The second-order valence-corrected chi connectivity index (χ2v) is 1.73. The van der Waals surface area contributed by atoms with Crippen LogP contribution in [0.1, 0.15) is 0 Å². The average Bonchev–Trinajstić information content (AvgIpc) is 1.88. The minimum atomic E-state index is -1.08. The van der Waals surface area contributed by atoms with E-state index in [-0.39, 0.29) is 12.6 Å². The highest BCUT2D eigenvalue weighted by atomic mass is 16.4. The molecule has 54 valence electrons. The summed E-state index contributed by atoms with van der Waals surface area (Å²) in [5.74, 6) is -0.141. The lowest BCUT2D eigenvalue weighted by molar-refractivity contribution is 0.163. The molecule has 0 aromatic heterocycles. The van der Waals surface area contributed by atoms with Crippen molar-refractivity contribution in [3.05, 3.63) is 12.3 Å². The van der Waals surface area contributed by atoms with Crippen LogP contribution in [-0.2, 0) is 0 Å². The smallest absolute Gasteiger partial charge is 0.412 e. The zero-order valence-corrected chi connectivity index (χ0v) is 5.06. The van der Waals surface area contributed by atoms with E-state index in [1.54, 1.807) is 0 Å². The summed E-state index contributed by atoms with van der Waals surface area (Å²) in [7, 11) is 0. The Balaban J connectivity index is 2.60. The van der Waals surface area contributed by atoms with E-state index in [2.05, 4.69) is 4.99 Å². The Morgan fingerprint density at radius 1 is 1.80 bits per heavy atom. The molecule has 0 bridgehead atoms. The molecule has 1 heterocycles. The number of aliphatic hydroxyl groups excluding tert-OH is 1. The molecule has 1 aliphatic heterocycles. The second-order valence-electron chi connectivity index (χ2n) is 1.73. The van der Waals surface area contributed by atoms with E-state index >= 15 is 0 Å². The lowest BCUT2D eigenvalue weighted by Crippen LogP contribution is -2.26. The monoisotopic (exact) mass is 142 g/mol. The maximum absolute atomic E-state index is 10.2. The van der Waals surface area contributed by atoms with Crippen LogP contribution in [0.4, 0.5) is 4.79 Å². The maximum atomic E-state index is 10.2. The highest BCUT2D eigenvalue weighted by molar-refractivity contribution is 5.87. The molecule has 1 rings (SSSR count). The van der Waals surface area contributed by atoms with Gasteiger partial charge in [0.25, 0.3) is 0 Å². The Bertz CT molecular complexity index is 209. The van der Waals surface area contributed by atoms with Gasteiger partial charge < -0.3 is 10.2 Å². The molecule has 10 heavy (non-hydrogen) atoms. The van der Waals surface area contributed by atoms with Crippen molar-refractivity contribution in [2.45, 2.75) is 0 Å². The molecule has 0 aromatic carbocycles. The molecule has 0 unspecified atom stereocenters. The van der Waals surface area contributed by atoms with Gasteiger partial charge in [0.2, 0.25) is 5.90 Å². The van der Waals surface area contributed by atoms with Gasteiger partial charge in [-0.2, -0.15) is 0 Å². The number of nitrogens with zero attached hydrogens (tertiary/aromatic N) is 2. The van der Waals surface area contributed by atoms with Crippen LogP contribution in [0.5, 0.6) is 0 Å². The Morgan fingerprint density at radius 2 is 2.50 bits per heavy atom. The standard InChI is InChI=1S/C5H6N2O3/c8-4-1-2-7(3-6-4)5(9)10/h1-2H,3H2,(H,6,8)(H,9,10). The third kappa shape index (κ3) is 1.25. The zero-order chi connectivity index (χ0) is 7.56. The largest absolute Gasteiger partial charge is 0.493 e. The molecule has 0 fully saturated rings. The van der Waals surface area contributed by atoms with Crippen LogP contribution < -0.4 is 0 Å². The van der Waals surface area contributed by atoms with Crippen LogP contribution in [-0.4, -0.2) is 33.8 Å².